The van der Waals surface area contributed by atoms with Gasteiger partial charge in [0, 0.05) is 31.2 Å². The van der Waals surface area contributed by atoms with Gasteiger partial charge >= 0.3 is 0 Å². The molecule has 0 bridgehead atoms. The van der Waals surface area contributed by atoms with Crippen LogP contribution in [-0.2, 0) is 4.74 Å². The van der Waals surface area contributed by atoms with Crippen LogP contribution in [0.1, 0.15) is 62.0 Å². The molecule has 2 atom stereocenters. The number of hydrogen-bond acceptors (Lipinski definition) is 3. The Hall–Kier alpha value is -1.34. The average Bonchev–Trinajstić information content (AvgIpc) is 2.98. The Kier molecular flexibility index (Phi) is 7.11. The minimum Gasteiger partial charge on any atom is -0.394 e. The Bertz CT molecular complexity index is 529. The predicted molar refractivity (Wildman–Crippen MR) is 94.3 cm³/mol. The highest BCUT2D eigenvalue weighted by Crippen LogP contribution is 2.39. The van der Waals surface area contributed by atoms with Crippen LogP contribution in [0.15, 0.2) is 24.3 Å². The third-order valence-electron chi connectivity index (χ3n) is 4.72. The molecule has 1 saturated carbocycles. The molecule has 3 heteroatoms. The minimum atomic E-state index is -0.383. The molecule has 3 nitrogen and oxygen atoms in total. The molecule has 0 aliphatic heterocycles. The summed E-state index contributed by atoms with van der Waals surface area (Å²) < 4.78 is 5.03. The van der Waals surface area contributed by atoms with Gasteiger partial charge in [-0.05, 0) is 55.7 Å². The predicted octanol–water partition coefficient (Wildman–Crippen LogP) is 3.20. The summed E-state index contributed by atoms with van der Waals surface area (Å²) in [5.41, 5.74) is 8.17. The quantitative estimate of drug-likeness (QED) is 0.600. The molecule has 1 aromatic rings. The van der Waals surface area contributed by atoms with Crippen LogP contribution in [0.4, 0.5) is 0 Å². The number of benzene rings is 1. The van der Waals surface area contributed by atoms with E-state index >= 15 is 0 Å². The highest BCUT2D eigenvalue weighted by Gasteiger charge is 2.35. The van der Waals surface area contributed by atoms with Gasteiger partial charge in [-0.3, -0.25) is 0 Å². The van der Waals surface area contributed by atoms with Gasteiger partial charge in [0.25, 0.3) is 0 Å². The zero-order valence-corrected chi connectivity index (χ0v) is 14.2. The van der Waals surface area contributed by atoms with Crippen LogP contribution in [0, 0.1) is 11.8 Å². The second kappa shape index (κ2) is 9.08. The lowest BCUT2D eigenvalue weighted by molar-refractivity contribution is 0.192. The molecule has 2 rings (SSSR count). The van der Waals surface area contributed by atoms with Crippen LogP contribution in [0.3, 0.4) is 0 Å². The van der Waals surface area contributed by atoms with E-state index in [4.69, 9.17) is 10.5 Å². The maximum absolute atomic E-state index is 9.37. The third-order valence-corrected chi connectivity index (χ3v) is 4.72. The van der Waals surface area contributed by atoms with E-state index in [-0.39, 0.29) is 12.1 Å². The lowest BCUT2D eigenvalue weighted by Gasteiger charge is -2.20. The largest absolute Gasteiger partial charge is 0.394 e. The standard InChI is InChI=1S/C20H29NO2/c1-23-14-6-4-2-3-5-7-17-8-10-18(11-9-17)19-12-13-20(21,15-19)16-22/h8-11,19,22H,2-4,6,12-16,21H2,1H3/t19?,20-/m1/s1. The van der Waals surface area contributed by atoms with Crippen molar-refractivity contribution in [2.75, 3.05) is 20.3 Å². The molecule has 23 heavy (non-hydrogen) atoms. The van der Waals surface area contributed by atoms with Gasteiger partial charge < -0.3 is 15.6 Å². The van der Waals surface area contributed by atoms with E-state index in [0.717, 1.165) is 50.7 Å². The monoisotopic (exact) mass is 315 g/mol. The summed E-state index contributed by atoms with van der Waals surface area (Å²) >= 11 is 0. The van der Waals surface area contributed by atoms with E-state index in [1.807, 2.05) is 0 Å². The van der Waals surface area contributed by atoms with Crippen molar-refractivity contribution in [1.82, 2.24) is 0 Å². The van der Waals surface area contributed by atoms with E-state index in [2.05, 4.69) is 36.1 Å². The topological polar surface area (TPSA) is 55.5 Å². The Morgan fingerprint density at radius 2 is 2.04 bits per heavy atom. The highest BCUT2D eigenvalue weighted by atomic mass is 16.5. The molecule has 0 amide bonds. The molecule has 1 fully saturated rings. The molecule has 126 valence electrons. The first-order valence-corrected chi connectivity index (χ1v) is 8.64. The first-order valence-electron chi connectivity index (χ1n) is 8.64. The number of hydrogen-bond donors (Lipinski definition) is 2. The van der Waals surface area contributed by atoms with Crippen molar-refractivity contribution in [3.05, 3.63) is 35.4 Å². The first kappa shape index (κ1) is 18.0. The van der Waals surface area contributed by atoms with Crippen molar-refractivity contribution in [2.45, 2.75) is 56.4 Å². The fourth-order valence-corrected chi connectivity index (χ4v) is 3.22. The van der Waals surface area contributed by atoms with E-state index < -0.39 is 0 Å². The number of unbranched alkanes of at least 4 members (excludes halogenated alkanes) is 3. The lowest BCUT2D eigenvalue weighted by atomic mass is 9.93. The van der Waals surface area contributed by atoms with Gasteiger partial charge in [-0.25, -0.2) is 0 Å². The maximum Gasteiger partial charge on any atom is 0.0611 e. The number of aliphatic hydroxyl groups excluding tert-OH is 1. The Balaban J connectivity index is 1.79. The first-order chi connectivity index (χ1) is 11.2. The molecule has 1 unspecified atom stereocenters. The van der Waals surface area contributed by atoms with Crippen molar-refractivity contribution in [3.63, 3.8) is 0 Å². The van der Waals surface area contributed by atoms with E-state index in [1.54, 1.807) is 7.11 Å². The molecule has 0 saturated heterocycles. The number of nitrogens with two attached hydrogens (primary N) is 1. The fraction of sp³-hybridized carbons (Fsp3) is 0.600. The van der Waals surface area contributed by atoms with Gasteiger partial charge in [0.1, 0.15) is 0 Å². The zero-order chi connectivity index (χ0) is 16.5. The van der Waals surface area contributed by atoms with Crippen molar-refractivity contribution >= 4 is 0 Å². The SMILES string of the molecule is COCCCCCC#Cc1ccc(C2CC[C@](N)(CO)C2)cc1. The molecule has 1 aliphatic rings. The number of rotatable bonds is 7. The van der Waals surface area contributed by atoms with Crippen LogP contribution in [-0.4, -0.2) is 31.0 Å². The van der Waals surface area contributed by atoms with Crippen molar-refractivity contribution < 1.29 is 9.84 Å². The van der Waals surface area contributed by atoms with E-state index in [0.29, 0.717) is 5.92 Å². The van der Waals surface area contributed by atoms with E-state index in [9.17, 15) is 5.11 Å². The third kappa shape index (κ3) is 5.66. The number of aliphatic hydroxyl groups is 1. The molecule has 3 N–H and O–H groups in total. The summed E-state index contributed by atoms with van der Waals surface area (Å²) in [4.78, 5) is 0. The summed E-state index contributed by atoms with van der Waals surface area (Å²) in [6.07, 6.45) is 7.20. The highest BCUT2D eigenvalue weighted by molar-refractivity contribution is 5.37. The van der Waals surface area contributed by atoms with Gasteiger partial charge in [0.05, 0.1) is 6.61 Å². The normalized spacial score (nSPS) is 23.5. The van der Waals surface area contributed by atoms with Crippen LogP contribution in [0.2, 0.25) is 0 Å². The summed E-state index contributed by atoms with van der Waals surface area (Å²) in [6.45, 7) is 0.924. The van der Waals surface area contributed by atoms with Crippen molar-refractivity contribution in [3.8, 4) is 11.8 Å². The second-order valence-corrected chi connectivity index (χ2v) is 6.69. The van der Waals surface area contributed by atoms with Crippen LogP contribution in [0.25, 0.3) is 0 Å². The molecular weight excluding hydrogens is 286 g/mol. The van der Waals surface area contributed by atoms with Gasteiger partial charge in [-0.1, -0.05) is 30.4 Å². The fourth-order valence-electron chi connectivity index (χ4n) is 3.22. The van der Waals surface area contributed by atoms with Crippen LogP contribution in [0.5, 0.6) is 0 Å². The van der Waals surface area contributed by atoms with Gasteiger partial charge in [0.2, 0.25) is 0 Å². The molecule has 0 aromatic heterocycles. The Labute approximate surface area is 140 Å². The van der Waals surface area contributed by atoms with Gasteiger partial charge in [-0.2, -0.15) is 0 Å². The smallest absolute Gasteiger partial charge is 0.0611 e. The number of methoxy groups -OCH3 is 1. The molecule has 0 heterocycles. The zero-order valence-electron chi connectivity index (χ0n) is 14.2. The molecule has 0 spiro atoms. The van der Waals surface area contributed by atoms with E-state index in [1.165, 1.54) is 12.0 Å². The summed E-state index contributed by atoms with van der Waals surface area (Å²) in [5, 5.41) is 9.37. The maximum atomic E-state index is 9.37. The van der Waals surface area contributed by atoms with Crippen LogP contribution >= 0.6 is 0 Å². The molecular formula is C20H29NO2. The number of ether oxygens (including phenoxy) is 1. The Morgan fingerprint density at radius 3 is 2.70 bits per heavy atom. The van der Waals surface area contributed by atoms with Crippen molar-refractivity contribution in [1.29, 1.82) is 0 Å². The molecule has 1 aliphatic carbocycles. The minimum absolute atomic E-state index is 0.0808. The average molecular weight is 315 g/mol. The second-order valence-electron chi connectivity index (χ2n) is 6.69. The lowest BCUT2D eigenvalue weighted by Crippen LogP contribution is -2.40. The molecule has 1 aromatic carbocycles. The molecule has 0 radical (unpaired) electrons. The summed E-state index contributed by atoms with van der Waals surface area (Å²) in [5.74, 6) is 6.95. The summed E-state index contributed by atoms with van der Waals surface area (Å²) in [7, 11) is 1.74. The van der Waals surface area contributed by atoms with Crippen LogP contribution < -0.4 is 5.73 Å². The van der Waals surface area contributed by atoms with Crippen molar-refractivity contribution in [2.24, 2.45) is 5.73 Å². The Morgan fingerprint density at radius 1 is 1.26 bits per heavy atom. The summed E-state index contributed by atoms with van der Waals surface area (Å²) in [6, 6.07) is 8.53. The van der Waals surface area contributed by atoms with Gasteiger partial charge in [0.15, 0.2) is 0 Å². The van der Waals surface area contributed by atoms with Gasteiger partial charge in [-0.15, -0.1) is 0 Å².